The smallest absolute Gasteiger partial charge is 0.163 e. The first-order valence-electron chi connectivity index (χ1n) is 10.4. The van der Waals surface area contributed by atoms with Crippen molar-refractivity contribution in [2.75, 3.05) is 0 Å². The normalized spacial score (nSPS) is 10.9. The van der Waals surface area contributed by atoms with Gasteiger partial charge >= 0.3 is 0 Å². The van der Waals surface area contributed by atoms with Crippen LogP contribution in [-0.2, 0) is 6.42 Å². The predicted molar refractivity (Wildman–Crippen MR) is 106 cm³/mol. The van der Waals surface area contributed by atoms with Crippen LogP contribution in [0, 0.1) is 0 Å². The highest BCUT2D eigenvalue weighted by Gasteiger charge is 2.10. The molecule has 0 amide bonds. The highest BCUT2D eigenvalue weighted by Crippen LogP contribution is 2.17. The Morgan fingerprint density at radius 1 is 0.708 bits per heavy atom. The molecule has 0 saturated heterocycles. The third-order valence-corrected chi connectivity index (χ3v) is 4.87. The van der Waals surface area contributed by atoms with Crippen LogP contribution in [0.4, 0.5) is 0 Å². The first kappa shape index (κ1) is 20.9. The topological polar surface area (TPSA) is 17.1 Å². The van der Waals surface area contributed by atoms with Crippen molar-refractivity contribution >= 4 is 5.78 Å². The van der Waals surface area contributed by atoms with E-state index >= 15 is 0 Å². The summed E-state index contributed by atoms with van der Waals surface area (Å²) in [4.78, 5) is 12.5. The molecule has 136 valence electrons. The Morgan fingerprint density at radius 2 is 1.25 bits per heavy atom. The van der Waals surface area contributed by atoms with Gasteiger partial charge in [-0.05, 0) is 24.8 Å². The molecule has 1 rings (SSSR count). The van der Waals surface area contributed by atoms with Crippen molar-refractivity contribution in [3.63, 3.8) is 0 Å². The second-order valence-corrected chi connectivity index (χ2v) is 7.12. The number of hydrogen-bond donors (Lipinski definition) is 0. The van der Waals surface area contributed by atoms with Crippen LogP contribution in [0.3, 0.4) is 0 Å². The summed E-state index contributed by atoms with van der Waals surface area (Å²) >= 11 is 0. The molecular formula is C23H38O. The molecule has 1 heteroatoms. The minimum atomic E-state index is 0.354. The number of Topliss-reactive ketones (excluding diaryl/α,β-unsaturated/α-hetero) is 1. The van der Waals surface area contributed by atoms with Crippen LogP contribution in [0.15, 0.2) is 24.3 Å². The van der Waals surface area contributed by atoms with Crippen LogP contribution in [0.2, 0.25) is 0 Å². The number of aryl methyl sites for hydroxylation is 1. The summed E-state index contributed by atoms with van der Waals surface area (Å²) in [5.74, 6) is 0.354. The quantitative estimate of drug-likeness (QED) is 0.240. The largest absolute Gasteiger partial charge is 0.294 e. The van der Waals surface area contributed by atoms with Gasteiger partial charge < -0.3 is 0 Å². The van der Waals surface area contributed by atoms with E-state index in [-0.39, 0.29) is 0 Å². The Hall–Kier alpha value is -1.11. The highest BCUT2D eigenvalue weighted by atomic mass is 16.1. The maximum Gasteiger partial charge on any atom is 0.163 e. The van der Waals surface area contributed by atoms with Crippen LogP contribution < -0.4 is 0 Å². The Balaban J connectivity index is 2.31. The van der Waals surface area contributed by atoms with Gasteiger partial charge in [-0.15, -0.1) is 0 Å². The molecule has 24 heavy (non-hydrogen) atoms. The maximum absolute atomic E-state index is 12.5. The fourth-order valence-electron chi connectivity index (χ4n) is 3.31. The molecule has 0 N–H and O–H groups in total. The first-order chi connectivity index (χ1) is 11.8. The molecule has 0 heterocycles. The molecule has 0 aromatic heterocycles. The maximum atomic E-state index is 12.5. The molecule has 0 aliphatic carbocycles. The van der Waals surface area contributed by atoms with Crippen LogP contribution in [0.1, 0.15) is 113 Å². The van der Waals surface area contributed by atoms with E-state index in [4.69, 9.17) is 0 Å². The number of carbonyl (C=O) groups excluding carboxylic acids is 1. The van der Waals surface area contributed by atoms with Gasteiger partial charge in [0, 0.05) is 12.0 Å². The van der Waals surface area contributed by atoms with Crippen molar-refractivity contribution in [3.05, 3.63) is 35.4 Å². The Bertz CT molecular complexity index is 435. The van der Waals surface area contributed by atoms with Crippen LogP contribution in [0.25, 0.3) is 0 Å². The van der Waals surface area contributed by atoms with Gasteiger partial charge in [-0.2, -0.15) is 0 Å². The van der Waals surface area contributed by atoms with E-state index in [9.17, 15) is 4.79 Å². The predicted octanol–water partition coefficient (Wildman–Crippen LogP) is 7.52. The van der Waals surface area contributed by atoms with E-state index in [2.05, 4.69) is 26.0 Å². The number of benzene rings is 1. The molecule has 0 fully saturated rings. The molecule has 0 bridgehead atoms. The first-order valence-corrected chi connectivity index (χ1v) is 10.4. The van der Waals surface area contributed by atoms with Crippen molar-refractivity contribution < 1.29 is 4.79 Å². The van der Waals surface area contributed by atoms with Crippen LogP contribution in [-0.4, -0.2) is 5.78 Å². The lowest BCUT2D eigenvalue weighted by Crippen LogP contribution is -2.04. The van der Waals surface area contributed by atoms with E-state index in [0.29, 0.717) is 5.78 Å². The molecule has 1 aromatic rings. The number of ketones is 1. The van der Waals surface area contributed by atoms with Gasteiger partial charge in [0.25, 0.3) is 0 Å². The van der Waals surface area contributed by atoms with Crippen LogP contribution >= 0.6 is 0 Å². The molecule has 0 aliphatic rings. The zero-order valence-corrected chi connectivity index (χ0v) is 16.1. The third-order valence-electron chi connectivity index (χ3n) is 4.87. The fraction of sp³-hybridized carbons (Fsp3) is 0.696. The van der Waals surface area contributed by atoms with E-state index < -0.39 is 0 Å². The van der Waals surface area contributed by atoms with Gasteiger partial charge in [0.05, 0.1) is 0 Å². The zero-order chi connectivity index (χ0) is 17.5. The summed E-state index contributed by atoms with van der Waals surface area (Å²) in [6.07, 6.45) is 17.1. The van der Waals surface area contributed by atoms with Gasteiger partial charge in [-0.25, -0.2) is 0 Å². The average molecular weight is 331 g/mol. The summed E-state index contributed by atoms with van der Waals surface area (Å²) in [5, 5.41) is 0. The second-order valence-electron chi connectivity index (χ2n) is 7.12. The second kappa shape index (κ2) is 14.3. The van der Waals surface area contributed by atoms with Crippen molar-refractivity contribution in [2.45, 2.75) is 104 Å². The average Bonchev–Trinajstić information content (AvgIpc) is 2.61. The van der Waals surface area contributed by atoms with Gasteiger partial charge in [0.2, 0.25) is 0 Å². The number of rotatable bonds is 15. The minimum Gasteiger partial charge on any atom is -0.294 e. The van der Waals surface area contributed by atoms with Crippen molar-refractivity contribution in [1.82, 2.24) is 0 Å². The molecule has 0 spiro atoms. The van der Waals surface area contributed by atoms with Gasteiger partial charge in [0.1, 0.15) is 0 Å². The Morgan fingerprint density at radius 3 is 1.92 bits per heavy atom. The third kappa shape index (κ3) is 9.25. The van der Waals surface area contributed by atoms with E-state index in [1.165, 1.54) is 76.2 Å². The van der Waals surface area contributed by atoms with E-state index in [0.717, 1.165) is 24.8 Å². The zero-order valence-electron chi connectivity index (χ0n) is 16.1. The Kier molecular flexibility index (Phi) is 12.4. The molecule has 1 aromatic carbocycles. The van der Waals surface area contributed by atoms with Gasteiger partial charge in [-0.3, -0.25) is 4.79 Å². The molecule has 0 radical (unpaired) electrons. The van der Waals surface area contributed by atoms with E-state index in [1.54, 1.807) is 0 Å². The molecule has 0 atom stereocenters. The summed E-state index contributed by atoms with van der Waals surface area (Å²) < 4.78 is 0. The van der Waals surface area contributed by atoms with Crippen molar-refractivity contribution in [2.24, 2.45) is 0 Å². The molecular weight excluding hydrogens is 292 g/mol. The SMILES string of the molecule is CCCCCCCCC(=O)c1ccccc1CCCCCCCC. The van der Waals surface area contributed by atoms with Crippen molar-refractivity contribution in [1.29, 1.82) is 0 Å². The molecule has 0 saturated carbocycles. The lowest BCUT2D eigenvalue weighted by atomic mass is 9.95. The molecule has 0 aliphatic heterocycles. The summed E-state index contributed by atoms with van der Waals surface area (Å²) in [7, 11) is 0. The summed E-state index contributed by atoms with van der Waals surface area (Å²) in [5.41, 5.74) is 2.25. The molecule has 0 unspecified atom stereocenters. The van der Waals surface area contributed by atoms with Gasteiger partial charge in [0.15, 0.2) is 5.78 Å². The van der Waals surface area contributed by atoms with Crippen molar-refractivity contribution in [3.8, 4) is 0 Å². The highest BCUT2D eigenvalue weighted by molar-refractivity contribution is 5.97. The fourth-order valence-corrected chi connectivity index (χ4v) is 3.31. The monoisotopic (exact) mass is 330 g/mol. The van der Waals surface area contributed by atoms with Crippen LogP contribution in [0.5, 0.6) is 0 Å². The summed E-state index contributed by atoms with van der Waals surface area (Å²) in [6.45, 7) is 4.50. The molecule has 1 nitrogen and oxygen atoms in total. The number of hydrogen-bond acceptors (Lipinski definition) is 1. The standard InChI is InChI=1S/C23H38O/c1-3-5-7-9-11-13-17-21-18-15-16-19-22(21)23(24)20-14-12-10-8-6-4-2/h15-16,18-19H,3-14,17,20H2,1-2H3. The lowest BCUT2D eigenvalue weighted by Gasteiger charge is -2.09. The minimum absolute atomic E-state index is 0.354. The van der Waals surface area contributed by atoms with E-state index in [1.807, 2.05) is 12.1 Å². The van der Waals surface area contributed by atoms with Gasteiger partial charge in [-0.1, -0.05) is 102 Å². The number of carbonyl (C=O) groups is 1. The summed E-state index contributed by atoms with van der Waals surface area (Å²) in [6, 6.07) is 8.28. The lowest BCUT2D eigenvalue weighted by molar-refractivity contribution is 0.0978. The Labute approximate surface area is 150 Å². The number of unbranched alkanes of at least 4 members (excludes halogenated alkanes) is 10.